The Bertz CT molecular complexity index is 791. The summed E-state index contributed by atoms with van der Waals surface area (Å²) in [4.78, 5) is 16.7. The van der Waals surface area contributed by atoms with Crippen molar-refractivity contribution < 1.29 is 9.53 Å². The molecule has 0 saturated carbocycles. The van der Waals surface area contributed by atoms with Crippen molar-refractivity contribution in [1.29, 1.82) is 0 Å². The number of likely N-dealkylation sites (tertiary alicyclic amines) is 1. The Hall–Kier alpha value is -2.51. The third kappa shape index (κ3) is 2.65. The van der Waals surface area contributed by atoms with Gasteiger partial charge in [-0.05, 0) is 30.5 Å². The fourth-order valence-electron chi connectivity index (χ4n) is 3.54. The van der Waals surface area contributed by atoms with E-state index in [0.717, 1.165) is 48.7 Å². The number of nitrogens with zero attached hydrogens (tertiary/aromatic N) is 3. The number of amides is 1. The van der Waals surface area contributed by atoms with E-state index in [-0.39, 0.29) is 5.91 Å². The van der Waals surface area contributed by atoms with Gasteiger partial charge in [0.2, 0.25) is 0 Å². The normalized spacial score (nSPS) is 16.5. The molecule has 0 atom stereocenters. The highest BCUT2D eigenvalue weighted by Gasteiger charge is 2.31. The van der Waals surface area contributed by atoms with E-state index < -0.39 is 6.17 Å². The van der Waals surface area contributed by atoms with Crippen LogP contribution in [0.3, 0.4) is 0 Å². The summed E-state index contributed by atoms with van der Waals surface area (Å²) in [6, 6.07) is 9.61. The molecule has 0 bridgehead atoms. The molecule has 2 aliphatic heterocycles. The zero-order chi connectivity index (χ0) is 17.6. The van der Waals surface area contributed by atoms with Crippen LogP contribution in [0.5, 0.6) is 5.75 Å². The largest absolute Gasteiger partial charge is 0.469 e. The lowest BCUT2D eigenvalue weighted by Crippen LogP contribution is -2.30. The summed E-state index contributed by atoms with van der Waals surface area (Å²) < 4.78 is 7.72. The van der Waals surface area contributed by atoms with Crippen LogP contribution in [0.15, 0.2) is 30.3 Å². The van der Waals surface area contributed by atoms with Crippen molar-refractivity contribution in [2.24, 2.45) is 18.5 Å². The second-order valence-corrected chi connectivity index (χ2v) is 6.59. The fraction of sp³-hybridized carbons (Fsp3) is 0.389. The third-order valence-electron chi connectivity index (χ3n) is 4.97. The van der Waals surface area contributed by atoms with Crippen molar-refractivity contribution in [3.05, 3.63) is 41.6 Å². The number of hydrogen-bond donors (Lipinski definition) is 2. The molecule has 0 spiro atoms. The van der Waals surface area contributed by atoms with Crippen LogP contribution in [0, 0.1) is 0 Å². The topological polar surface area (TPSA) is 89.8 Å². The van der Waals surface area contributed by atoms with E-state index in [1.165, 1.54) is 0 Å². The molecule has 1 amide bonds. The first-order valence-electron chi connectivity index (χ1n) is 8.56. The standard InChI is InChI=1S/C18H23N5O2/c1-21-14(18(24)22-8-2-3-9-22)10-15-17(21)23(11-25-15)13-6-4-12(5-7-13)16(19)20/h4-7,10,16H,2-3,8-9,11,19-20H2,1H3. The number of rotatable bonds is 3. The number of carbonyl (C=O) groups is 1. The summed E-state index contributed by atoms with van der Waals surface area (Å²) >= 11 is 0. The van der Waals surface area contributed by atoms with Gasteiger partial charge < -0.3 is 25.7 Å². The van der Waals surface area contributed by atoms with Crippen LogP contribution in [-0.2, 0) is 7.05 Å². The highest BCUT2D eigenvalue weighted by molar-refractivity contribution is 5.95. The van der Waals surface area contributed by atoms with Crippen LogP contribution in [-0.4, -0.2) is 35.2 Å². The van der Waals surface area contributed by atoms with Gasteiger partial charge in [-0.25, -0.2) is 0 Å². The first-order valence-corrected chi connectivity index (χ1v) is 8.56. The number of fused-ring (bicyclic) bond motifs is 1. The molecule has 2 aliphatic rings. The smallest absolute Gasteiger partial charge is 0.270 e. The molecule has 1 saturated heterocycles. The molecule has 1 aromatic heterocycles. The first kappa shape index (κ1) is 16.0. The first-order chi connectivity index (χ1) is 12.1. The van der Waals surface area contributed by atoms with Gasteiger partial charge >= 0.3 is 0 Å². The minimum absolute atomic E-state index is 0.0717. The average molecular weight is 341 g/mol. The molecule has 2 aromatic rings. The molecule has 4 rings (SSSR count). The van der Waals surface area contributed by atoms with Gasteiger partial charge in [-0.3, -0.25) is 9.69 Å². The highest BCUT2D eigenvalue weighted by Crippen LogP contribution is 2.41. The van der Waals surface area contributed by atoms with Crippen LogP contribution in [0.25, 0.3) is 0 Å². The van der Waals surface area contributed by atoms with Gasteiger partial charge in [0.1, 0.15) is 5.69 Å². The maximum atomic E-state index is 12.7. The molecule has 0 radical (unpaired) electrons. The van der Waals surface area contributed by atoms with Crippen molar-refractivity contribution in [3.8, 4) is 5.75 Å². The van der Waals surface area contributed by atoms with Crippen molar-refractivity contribution in [1.82, 2.24) is 9.47 Å². The number of aromatic nitrogens is 1. The van der Waals surface area contributed by atoms with Crippen molar-refractivity contribution >= 4 is 17.4 Å². The Morgan fingerprint density at radius 1 is 1.16 bits per heavy atom. The molecular formula is C18H23N5O2. The molecule has 0 unspecified atom stereocenters. The van der Waals surface area contributed by atoms with Crippen molar-refractivity contribution in [3.63, 3.8) is 0 Å². The van der Waals surface area contributed by atoms with Crippen LogP contribution in [0.4, 0.5) is 11.5 Å². The quantitative estimate of drug-likeness (QED) is 0.829. The predicted molar refractivity (Wildman–Crippen MR) is 95.7 cm³/mol. The number of carbonyl (C=O) groups excluding carboxylic acids is 1. The molecule has 4 N–H and O–H groups in total. The SMILES string of the molecule is Cn1c(C(=O)N2CCCC2)cc2c1N(c1ccc(C(N)N)cc1)CO2. The Kier molecular flexibility index (Phi) is 3.89. The van der Waals surface area contributed by atoms with Gasteiger partial charge in [0, 0.05) is 31.9 Å². The van der Waals surface area contributed by atoms with E-state index in [1.54, 1.807) is 0 Å². The van der Waals surface area contributed by atoms with Gasteiger partial charge in [-0.1, -0.05) is 12.1 Å². The summed E-state index contributed by atoms with van der Waals surface area (Å²) in [7, 11) is 1.91. The minimum atomic E-state index is -0.487. The Balaban J connectivity index is 1.64. The van der Waals surface area contributed by atoms with Crippen molar-refractivity contribution in [2.45, 2.75) is 19.0 Å². The molecule has 3 heterocycles. The summed E-state index contributed by atoms with van der Waals surface area (Å²) in [5.41, 5.74) is 13.9. The van der Waals surface area contributed by atoms with Gasteiger partial charge in [0.25, 0.3) is 5.91 Å². The van der Waals surface area contributed by atoms with Crippen LogP contribution >= 0.6 is 0 Å². The van der Waals surface area contributed by atoms with Crippen LogP contribution in [0.1, 0.15) is 35.1 Å². The number of hydrogen-bond acceptors (Lipinski definition) is 5. The molecule has 1 aromatic carbocycles. The summed E-state index contributed by atoms with van der Waals surface area (Å²) in [6.07, 6.45) is 1.67. The zero-order valence-electron chi connectivity index (χ0n) is 14.3. The number of benzene rings is 1. The van der Waals surface area contributed by atoms with Gasteiger partial charge in [-0.15, -0.1) is 0 Å². The van der Waals surface area contributed by atoms with Crippen molar-refractivity contribution in [2.75, 3.05) is 24.7 Å². The molecular weight excluding hydrogens is 318 g/mol. The number of anilines is 2. The molecule has 7 nitrogen and oxygen atoms in total. The van der Waals surface area contributed by atoms with Crippen LogP contribution in [0.2, 0.25) is 0 Å². The molecule has 132 valence electrons. The maximum Gasteiger partial charge on any atom is 0.270 e. The minimum Gasteiger partial charge on any atom is -0.469 e. The molecule has 0 aliphatic carbocycles. The Labute approximate surface area is 146 Å². The van der Waals surface area contributed by atoms with E-state index in [0.29, 0.717) is 12.4 Å². The van der Waals surface area contributed by atoms with E-state index in [4.69, 9.17) is 16.2 Å². The Morgan fingerprint density at radius 2 is 1.84 bits per heavy atom. The Morgan fingerprint density at radius 3 is 2.48 bits per heavy atom. The molecule has 1 fully saturated rings. The lowest BCUT2D eigenvalue weighted by Gasteiger charge is -2.21. The lowest BCUT2D eigenvalue weighted by atomic mass is 10.1. The summed E-state index contributed by atoms with van der Waals surface area (Å²) in [5, 5.41) is 0. The van der Waals surface area contributed by atoms with Gasteiger partial charge in [0.15, 0.2) is 18.3 Å². The van der Waals surface area contributed by atoms with Gasteiger partial charge in [-0.2, -0.15) is 0 Å². The van der Waals surface area contributed by atoms with E-state index >= 15 is 0 Å². The predicted octanol–water partition coefficient (Wildman–Crippen LogP) is 1.67. The summed E-state index contributed by atoms with van der Waals surface area (Å²) in [5.74, 6) is 1.71. The zero-order valence-corrected chi connectivity index (χ0v) is 14.3. The summed E-state index contributed by atoms with van der Waals surface area (Å²) in [6.45, 7) is 2.09. The molecule has 7 heteroatoms. The van der Waals surface area contributed by atoms with E-state index in [2.05, 4.69) is 0 Å². The second kappa shape index (κ2) is 6.09. The number of nitrogens with two attached hydrogens (primary N) is 2. The second-order valence-electron chi connectivity index (χ2n) is 6.59. The lowest BCUT2D eigenvalue weighted by molar-refractivity contribution is 0.0783. The van der Waals surface area contributed by atoms with E-state index in [9.17, 15) is 4.79 Å². The van der Waals surface area contributed by atoms with E-state index in [1.807, 2.05) is 51.7 Å². The average Bonchev–Trinajstić information content (AvgIpc) is 3.33. The number of ether oxygens (including phenoxy) is 1. The monoisotopic (exact) mass is 341 g/mol. The molecule has 25 heavy (non-hydrogen) atoms. The van der Waals surface area contributed by atoms with Crippen LogP contribution < -0.4 is 21.1 Å². The maximum absolute atomic E-state index is 12.7. The third-order valence-corrected chi connectivity index (χ3v) is 4.97. The van der Waals surface area contributed by atoms with Gasteiger partial charge in [0.05, 0.1) is 6.17 Å². The fourth-order valence-corrected chi connectivity index (χ4v) is 3.54. The highest BCUT2D eigenvalue weighted by atomic mass is 16.5.